The van der Waals surface area contributed by atoms with Crippen LogP contribution < -0.4 is 5.32 Å². The van der Waals surface area contributed by atoms with E-state index in [1.165, 1.54) is 0 Å². The zero-order chi connectivity index (χ0) is 8.23. The molecule has 0 saturated carbocycles. The Bertz CT molecular complexity index is 333. The molecule has 12 heavy (non-hydrogen) atoms. The highest BCUT2D eigenvalue weighted by atomic mass is 15.5. The number of H-pyrrole nitrogens is 1. The minimum Gasteiger partial charge on any atom is -0.343 e. The number of nitrogens with zero attached hydrogens (tertiary/aromatic N) is 4. The number of rotatable bonds is 1. The minimum absolute atomic E-state index is 0.450. The normalized spacial score (nSPS) is 15.2. The largest absolute Gasteiger partial charge is 0.343 e. The summed E-state index contributed by atoms with van der Waals surface area (Å²) in [4.78, 5) is 4.04. The van der Waals surface area contributed by atoms with Crippen LogP contribution >= 0.6 is 0 Å². The fourth-order valence-electron chi connectivity index (χ4n) is 0.772. The summed E-state index contributed by atoms with van der Waals surface area (Å²) in [5.41, 5.74) is 0. The number of aromatic nitrogens is 4. The minimum atomic E-state index is 0.450. The predicted octanol–water partition coefficient (Wildman–Crippen LogP) is -0.423. The Morgan fingerprint density at radius 1 is 1.25 bits per heavy atom. The van der Waals surface area contributed by atoms with Gasteiger partial charge in [0.2, 0.25) is 5.82 Å². The number of aliphatic imine (C=N–C) groups is 1. The van der Waals surface area contributed by atoms with Crippen LogP contribution in [0.3, 0.4) is 0 Å². The molecule has 0 fully saturated rings. The van der Waals surface area contributed by atoms with Crippen molar-refractivity contribution in [3.63, 3.8) is 0 Å². The van der Waals surface area contributed by atoms with E-state index in [-0.39, 0.29) is 0 Å². The molecule has 0 unspecified atom stereocenters. The van der Waals surface area contributed by atoms with E-state index in [4.69, 9.17) is 0 Å². The van der Waals surface area contributed by atoms with Crippen LogP contribution in [0.5, 0.6) is 0 Å². The molecule has 2 heterocycles. The number of tetrazole rings is 1. The van der Waals surface area contributed by atoms with Crippen molar-refractivity contribution < 1.29 is 0 Å². The molecule has 1 aliphatic rings. The SMILES string of the molecule is C1=CN=C(c2nn[nH]n2)NC=C1. The Labute approximate surface area is 68.1 Å². The highest BCUT2D eigenvalue weighted by Gasteiger charge is 2.05. The zero-order valence-electron chi connectivity index (χ0n) is 6.10. The zero-order valence-corrected chi connectivity index (χ0v) is 6.10. The maximum atomic E-state index is 4.04. The lowest BCUT2D eigenvalue weighted by Gasteiger charge is -1.95. The lowest BCUT2D eigenvalue weighted by Crippen LogP contribution is -2.19. The van der Waals surface area contributed by atoms with Gasteiger partial charge in [-0.15, -0.1) is 10.2 Å². The van der Waals surface area contributed by atoms with Gasteiger partial charge in [0.05, 0.1) is 0 Å². The molecule has 0 amide bonds. The van der Waals surface area contributed by atoms with Crippen molar-refractivity contribution in [1.29, 1.82) is 0 Å². The smallest absolute Gasteiger partial charge is 0.239 e. The van der Waals surface area contributed by atoms with E-state index < -0.39 is 0 Å². The van der Waals surface area contributed by atoms with Gasteiger partial charge in [0.1, 0.15) is 0 Å². The number of amidine groups is 1. The van der Waals surface area contributed by atoms with Crippen LogP contribution in [0, 0.1) is 0 Å². The van der Waals surface area contributed by atoms with E-state index in [1.807, 2.05) is 6.08 Å². The summed E-state index contributed by atoms with van der Waals surface area (Å²) in [5, 5.41) is 16.2. The molecule has 0 spiro atoms. The first kappa shape index (κ1) is 6.71. The molecule has 1 aromatic heterocycles. The van der Waals surface area contributed by atoms with Gasteiger partial charge in [0.15, 0.2) is 5.84 Å². The average Bonchev–Trinajstić information content (AvgIpc) is 2.48. The number of hydrogen-bond acceptors (Lipinski definition) is 5. The van der Waals surface area contributed by atoms with Crippen LogP contribution in [0.2, 0.25) is 0 Å². The van der Waals surface area contributed by atoms with Crippen LogP contribution in [-0.2, 0) is 0 Å². The van der Waals surface area contributed by atoms with Crippen molar-refractivity contribution >= 4 is 5.84 Å². The molecule has 0 atom stereocenters. The van der Waals surface area contributed by atoms with Crippen molar-refractivity contribution in [1.82, 2.24) is 25.9 Å². The first-order chi connectivity index (χ1) is 5.97. The molecule has 1 aromatic rings. The number of allylic oxidation sites excluding steroid dienone is 2. The molecule has 0 bridgehead atoms. The van der Waals surface area contributed by atoms with Gasteiger partial charge in [-0.2, -0.15) is 5.21 Å². The second kappa shape index (κ2) is 2.95. The molecule has 0 aromatic carbocycles. The summed E-state index contributed by atoms with van der Waals surface area (Å²) < 4.78 is 0. The molecule has 2 N–H and O–H groups in total. The lowest BCUT2D eigenvalue weighted by atomic mass is 10.5. The number of aromatic amines is 1. The maximum absolute atomic E-state index is 4.04. The quantitative estimate of drug-likeness (QED) is 0.587. The molecule has 0 radical (unpaired) electrons. The van der Waals surface area contributed by atoms with Gasteiger partial charge in [-0.05, 0) is 17.4 Å². The molecule has 60 valence electrons. The summed E-state index contributed by atoms with van der Waals surface area (Å²) in [6.45, 7) is 0. The Balaban J connectivity index is 2.30. The Kier molecular flexibility index (Phi) is 1.65. The standard InChI is InChI=1S/C6H6N6/c1-2-4-8-5(7-3-1)6-9-11-12-10-6/h1-4H,(H,7,8)(H,9,10,11,12). The lowest BCUT2D eigenvalue weighted by molar-refractivity contribution is 0.881. The summed E-state index contributed by atoms with van der Waals surface area (Å²) in [7, 11) is 0. The maximum Gasteiger partial charge on any atom is 0.239 e. The second-order valence-electron chi connectivity index (χ2n) is 2.06. The number of hydrogen-bond donors (Lipinski definition) is 2. The molecule has 6 nitrogen and oxygen atoms in total. The van der Waals surface area contributed by atoms with Crippen LogP contribution in [0.25, 0.3) is 0 Å². The third-order valence-electron chi connectivity index (χ3n) is 1.27. The van der Waals surface area contributed by atoms with Gasteiger partial charge < -0.3 is 5.32 Å². The first-order valence-corrected chi connectivity index (χ1v) is 3.36. The Morgan fingerprint density at radius 2 is 2.25 bits per heavy atom. The monoisotopic (exact) mass is 162 g/mol. The average molecular weight is 162 g/mol. The third-order valence-corrected chi connectivity index (χ3v) is 1.27. The van der Waals surface area contributed by atoms with Gasteiger partial charge in [0, 0.05) is 12.4 Å². The fraction of sp³-hybridized carbons (Fsp3) is 0. The molecular formula is C6H6N6. The van der Waals surface area contributed by atoms with E-state index in [9.17, 15) is 0 Å². The molecule has 6 heteroatoms. The van der Waals surface area contributed by atoms with E-state index in [0.29, 0.717) is 11.7 Å². The van der Waals surface area contributed by atoms with Crippen LogP contribution in [-0.4, -0.2) is 26.5 Å². The Morgan fingerprint density at radius 3 is 3.08 bits per heavy atom. The van der Waals surface area contributed by atoms with Gasteiger partial charge >= 0.3 is 0 Å². The van der Waals surface area contributed by atoms with E-state index >= 15 is 0 Å². The highest BCUT2D eigenvalue weighted by Crippen LogP contribution is 1.92. The van der Waals surface area contributed by atoms with Crippen LogP contribution in [0.4, 0.5) is 0 Å². The number of nitrogens with one attached hydrogen (secondary N) is 2. The van der Waals surface area contributed by atoms with E-state index in [2.05, 4.69) is 30.9 Å². The van der Waals surface area contributed by atoms with Crippen molar-refractivity contribution in [3.8, 4) is 0 Å². The van der Waals surface area contributed by atoms with Crippen molar-refractivity contribution in [2.24, 2.45) is 4.99 Å². The van der Waals surface area contributed by atoms with Gasteiger partial charge in [-0.1, -0.05) is 0 Å². The van der Waals surface area contributed by atoms with Gasteiger partial charge in [-0.3, -0.25) is 0 Å². The Hall–Kier alpha value is -1.98. The highest BCUT2D eigenvalue weighted by molar-refractivity contribution is 5.96. The fourth-order valence-corrected chi connectivity index (χ4v) is 0.772. The summed E-state index contributed by atoms with van der Waals surface area (Å²) in [5.74, 6) is 1.03. The van der Waals surface area contributed by atoms with Crippen molar-refractivity contribution in [3.05, 3.63) is 30.4 Å². The van der Waals surface area contributed by atoms with Gasteiger partial charge in [0.25, 0.3) is 0 Å². The molecule has 0 aliphatic carbocycles. The summed E-state index contributed by atoms with van der Waals surface area (Å²) in [6, 6.07) is 0. The summed E-state index contributed by atoms with van der Waals surface area (Å²) in [6.07, 6.45) is 7.04. The van der Waals surface area contributed by atoms with Crippen molar-refractivity contribution in [2.75, 3.05) is 0 Å². The molecule has 2 rings (SSSR count). The van der Waals surface area contributed by atoms with Crippen LogP contribution in [0.1, 0.15) is 5.82 Å². The van der Waals surface area contributed by atoms with E-state index in [1.54, 1.807) is 18.5 Å². The molecule has 0 saturated heterocycles. The molecular weight excluding hydrogens is 156 g/mol. The van der Waals surface area contributed by atoms with E-state index in [0.717, 1.165) is 0 Å². The first-order valence-electron chi connectivity index (χ1n) is 3.36. The summed E-state index contributed by atoms with van der Waals surface area (Å²) >= 11 is 0. The van der Waals surface area contributed by atoms with Crippen LogP contribution in [0.15, 0.2) is 29.5 Å². The predicted molar refractivity (Wildman–Crippen MR) is 42.1 cm³/mol. The third kappa shape index (κ3) is 1.22. The topological polar surface area (TPSA) is 78.8 Å². The second-order valence-corrected chi connectivity index (χ2v) is 2.06. The molecule has 1 aliphatic heterocycles. The van der Waals surface area contributed by atoms with Gasteiger partial charge in [-0.25, -0.2) is 4.99 Å². The van der Waals surface area contributed by atoms with Crippen molar-refractivity contribution in [2.45, 2.75) is 0 Å².